The van der Waals surface area contributed by atoms with Gasteiger partial charge in [-0.2, -0.15) is 0 Å². The highest BCUT2D eigenvalue weighted by Crippen LogP contribution is 2.24. The summed E-state index contributed by atoms with van der Waals surface area (Å²) < 4.78 is 27.1. The van der Waals surface area contributed by atoms with E-state index in [4.69, 9.17) is 11.6 Å². The lowest BCUT2D eigenvalue weighted by atomic mass is 9.99. The molecule has 0 saturated carbocycles. The van der Waals surface area contributed by atoms with Gasteiger partial charge in [0.25, 0.3) is 0 Å². The third-order valence-electron chi connectivity index (χ3n) is 5.11. The first-order valence-corrected chi connectivity index (χ1v) is 11.2. The molecule has 2 heterocycles. The summed E-state index contributed by atoms with van der Waals surface area (Å²) in [6, 6.07) is 6.94. The van der Waals surface area contributed by atoms with E-state index in [0.717, 1.165) is 32.2 Å². The summed E-state index contributed by atoms with van der Waals surface area (Å²) in [5.74, 6) is 0.0891. The second kappa shape index (κ2) is 8.69. The summed E-state index contributed by atoms with van der Waals surface area (Å²) in [6.07, 6.45) is 3.63. The summed E-state index contributed by atoms with van der Waals surface area (Å²) in [4.78, 5) is 12.1. The zero-order valence-electron chi connectivity index (χ0n) is 14.8. The average molecular weight is 400 g/mol. The second-order valence-corrected chi connectivity index (χ2v) is 9.48. The molecule has 2 fully saturated rings. The van der Waals surface area contributed by atoms with Gasteiger partial charge >= 0.3 is 0 Å². The number of amides is 1. The van der Waals surface area contributed by atoms with Crippen molar-refractivity contribution in [1.82, 2.24) is 14.9 Å². The van der Waals surface area contributed by atoms with Crippen molar-refractivity contribution in [3.8, 4) is 0 Å². The molecule has 0 aliphatic carbocycles. The lowest BCUT2D eigenvalue weighted by Crippen LogP contribution is -2.46. The van der Waals surface area contributed by atoms with Crippen molar-refractivity contribution in [3.05, 3.63) is 34.9 Å². The minimum atomic E-state index is -3.42. The van der Waals surface area contributed by atoms with Crippen LogP contribution in [0.5, 0.6) is 0 Å². The molecule has 2 unspecified atom stereocenters. The molecule has 2 N–H and O–H groups in total. The van der Waals surface area contributed by atoms with Crippen LogP contribution >= 0.6 is 11.6 Å². The van der Waals surface area contributed by atoms with E-state index in [1.54, 1.807) is 28.6 Å². The number of hydrogen-bond donors (Lipinski definition) is 2. The fourth-order valence-corrected chi connectivity index (χ4v) is 5.58. The van der Waals surface area contributed by atoms with Crippen molar-refractivity contribution in [1.29, 1.82) is 0 Å². The lowest BCUT2D eigenvalue weighted by molar-refractivity contribution is -0.123. The Morgan fingerprint density at radius 1 is 1.27 bits per heavy atom. The molecule has 0 bridgehead atoms. The second-order valence-electron chi connectivity index (χ2n) is 7.11. The fraction of sp³-hybridized carbons (Fsp3) is 0.611. The first-order valence-electron chi connectivity index (χ1n) is 9.18. The van der Waals surface area contributed by atoms with E-state index in [9.17, 15) is 13.2 Å². The molecule has 26 heavy (non-hydrogen) atoms. The summed E-state index contributed by atoms with van der Waals surface area (Å²) in [7, 11) is -3.42. The minimum absolute atomic E-state index is 0.0264. The normalized spacial score (nSPS) is 24.5. The summed E-state index contributed by atoms with van der Waals surface area (Å²) in [6.45, 7) is 2.39. The quantitative estimate of drug-likeness (QED) is 0.763. The van der Waals surface area contributed by atoms with Crippen molar-refractivity contribution < 1.29 is 13.2 Å². The standard InChI is InChI=1S/C18H26ClN3O3S/c19-16-7-2-1-6-15(16)13-26(24,25)22-10-4-5-14(12-22)11-21-18(23)17-8-3-9-20-17/h1-2,6-7,14,17,20H,3-5,8-13H2,(H,21,23). The van der Waals surface area contributed by atoms with E-state index < -0.39 is 10.0 Å². The maximum atomic E-state index is 12.8. The Morgan fingerprint density at radius 3 is 2.81 bits per heavy atom. The zero-order chi connectivity index (χ0) is 18.6. The third-order valence-corrected chi connectivity index (χ3v) is 7.28. The van der Waals surface area contributed by atoms with Crippen LogP contribution in [0.3, 0.4) is 0 Å². The Kier molecular flexibility index (Phi) is 6.55. The molecule has 1 aromatic carbocycles. The Morgan fingerprint density at radius 2 is 2.08 bits per heavy atom. The van der Waals surface area contributed by atoms with E-state index in [1.165, 1.54) is 0 Å². The molecule has 2 aliphatic rings. The molecule has 0 radical (unpaired) electrons. The molecule has 0 aromatic heterocycles. The van der Waals surface area contributed by atoms with Crippen LogP contribution < -0.4 is 10.6 Å². The van der Waals surface area contributed by atoms with Crippen molar-refractivity contribution in [3.63, 3.8) is 0 Å². The molecule has 2 aliphatic heterocycles. The van der Waals surface area contributed by atoms with E-state index >= 15 is 0 Å². The number of halogens is 1. The van der Waals surface area contributed by atoms with Crippen molar-refractivity contribution >= 4 is 27.5 Å². The Bertz CT molecular complexity index is 735. The Balaban J connectivity index is 1.55. The van der Waals surface area contributed by atoms with Gasteiger partial charge in [0.05, 0.1) is 11.8 Å². The van der Waals surface area contributed by atoms with Crippen molar-refractivity contribution in [2.45, 2.75) is 37.5 Å². The highest BCUT2D eigenvalue weighted by Gasteiger charge is 2.30. The van der Waals surface area contributed by atoms with E-state index in [0.29, 0.717) is 30.2 Å². The smallest absolute Gasteiger partial charge is 0.237 e. The minimum Gasteiger partial charge on any atom is -0.354 e. The average Bonchev–Trinajstić information content (AvgIpc) is 3.17. The molecule has 1 aromatic rings. The van der Waals surface area contributed by atoms with Crippen LogP contribution in [0.15, 0.2) is 24.3 Å². The Labute approximate surface area is 160 Å². The molecule has 3 rings (SSSR count). The van der Waals surface area contributed by atoms with Crippen LogP contribution in [0, 0.1) is 5.92 Å². The summed E-state index contributed by atoms with van der Waals surface area (Å²) >= 11 is 6.11. The van der Waals surface area contributed by atoms with Gasteiger partial charge in [-0.05, 0) is 49.8 Å². The monoisotopic (exact) mass is 399 g/mol. The van der Waals surface area contributed by atoms with Crippen molar-refractivity contribution in [2.75, 3.05) is 26.2 Å². The van der Waals surface area contributed by atoms with Crippen LogP contribution in [0.2, 0.25) is 5.02 Å². The number of nitrogens with one attached hydrogen (secondary N) is 2. The van der Waals surface area contributed by atoms with E-state index in [-0.39, 0.29) is 23.6 Å². The van der Waals surface area contributed by atoms with Gasteiger partial charge in [0.15, 0.2) is 0 Å². The van der Waals surface area contributed by atoms with Crippen LogP contribution in [0.4, 0.5) is 0 Å². The molecule has 6 nitrogen and oxygen atoms in total. The van der Waals surface area contributed by atoms with Gasteiger partial charge in [0.1, 0.15) is 0 Å². The van der Waals surface area contributed by atoms with Gasteiger partial charge < -0.3 is 10.6 Å². The number of carbonyl (C=O) groups excluding carboxylic acids is 1. The first kappa shape index (κ1) is 19.6. The highest BCUT2D eigenvalue weighted by molar-refractivity contribution is 7.88. The molecule has 2 atom stereocenters. The SMILES string of the molecule is O=C(NCC1CCCN(S(=O)(=O)Cc2ccccc2Cl)C1)C1CCCN1. The molecular weight excluding hydrogens is 374 g/mol. The van der Waals surface area contributed by atoms with Gasteiger partial charge in [-0.3, -0.25) is 4.79 Å². The number of sulfonamides is 1. The van der Waals surface area contributed by atoms with Gasteiger partial charge in [-0.15, -0.1) is 0 Å². The molecular formula is C18H26ClN3O3S. The molecule has 0 spiro atoms. The maximum absolute atomic E-state index is 12.8. The number of piperidine rings is 1. The van der Waals surface area contributed by atoms with Gasteiger partial charge in [-0.25, -0.2) is 12.7 Å². The number of carbonyl (C=O) groups is 1. The van der Waals surface area contributed by atoms with Crippen LogP contribution in [0.25, 0.3) is 0 Å². The fourth-order valence-electron chi connectivity index (χ4n) is 3.63. The van der Waals surface area contributed by atoms with Gasteiger partial charge in [-0.1, -0.05) is 29.8 Å². The first-order chi connectivity index (χ1) is 12.5. The van der Waals surface area contributed by atoms with Gasteiger partial charge in [0.2, 0.25) is 15.9 Å². The zero-order valence-corrected chi connectivity index (χ0v) is 16.4. The van der Waals surface area contributed by atoms with Crippen LogP contribution in [-0.4, -0.2) is 50.9 Å². The summed E-state index contributed by atoms with van der Waals surface area (Å²) in [5, 5.41) is 6.63. The van der Waals surface area contributed by atoms with E-state index in [1.807, 2.05) is 0 Å². The number of nitrogens with zero attached hydrogens (tertiary/aromatic N) is 1. The highest BCUT2D eigenvalue weighted by atomic mass is 35.5. The molecule has 2 saturated heterocycles. The summed E-state index contributed by atoms with van der Waals surface area (Å²) in [5.41, 5.74) is 0.622. The van der Waals surface area contributed by atoms with Crippen molar-refractivity contribution in [2.24, 2.45) is 5.92 Å². The maximum Gasteiger partial charge on any atom is 0.237 e. The predicted molar refractivity (Wildman–Crippen MR) is 102 cm³/mol. The molecule has 8 heteroatoms. The Hall–Kier alpha value is -1.15. The number of rotatable bonds is 6. The van der Waals surface area contributed by atoms with E-state index in [2.05, 4.69) is 10.6 Å². The number of benzene rings is 1. The largest absolute Gasteiger partial charge is 0.354 e. The van der Waals surface area contributed by atoms with Gasteiger partial charge in [0, 0.05) is 24.7 Å². The lowest BCUT2D eigenvalue weighted by Gasteiger charge is -2.32. The van der Waals surface area contributed by atoms with Crippen LogP contribution in [-0.2, 0) is 20.6 Å². The predicted octanol–water partition coefficient (Wildman–Crippen LogP) is 1.75. The molecule has 144 valence electrons. The third kappa shape index (κ3) is 4.97. The number of hydrogen-bond acceptors (Lipinski definition) is 4. The topological polar surface area (TPSA) is 78.5 Å². The van der Waals surface area contributed by atoms with Crippen LogP contribution in [0.1, 0.15) is 31.2 Å². The molecule has 1 amide bonds.